The summed E-state index contributed by atoms with van der Waals surface area (Å²) in [6.45, 7) is 4.04. The molecule has 1 aromatic heterocycles. The SMILES string of the molecule is Cc1cccc(C)c1-n1c(-c2ccc(F)cc2)nnc1-c1ccc(F)cc1. The monoisotopic (exact) mass is 361 g/mol. The second-order valence-electron chi connectivity index (χ2n) is 6.44. The molecule has 0 atom stereocenters. The topological polar surface area (TPSA) is 30.7 Å². The van der Waals surface area contributed by atoms with Gasteiger partial charge < -0.3 is 0 Å². The molecule has 0 bridgehead atoms. The summed E-state index contributed by atoms with van der Waals surface area (Å²) in [5.41, 5.74) is 4.57. The molecule has 1 heterocycles. The van der Waals surface area contributed by atoms with Crippen molar-refractivity contribution in [2.75, 3.05) is 0 Å². The van der Waals surface area contributed by atoms with Crippen LogP contribution < -0.4 is 0 Å². The lowest BCUT2D eigenvalue weighted by molar-refractivity contribution is 0.627. The van der Waals surface area contributed by atoms with Crippen molar-refractivity contribution in [2.45, 2.75) is 13.8 Å². The summed E-state index contributed by atoms with van der Waals surface area (Å²) < 4.78 is 28.7. The number of halogens is 2. The average Bonchev–Trinajstić information content (AvgIpc) is 3.07. The molecule has 3 nitrogen and oxygen atoms in total. The third-order valence-electron chi connectivity index (χ3n) is 4.53. The summed E-state index contributed by atoms with van der Waals surface area (Å²) in [6, 6.07) is 18.3. The standard InChI is InChI=1S/C22H17F2N3/c1-14-4-3-5-15(2)20(14)27-21(16-6-10-18(23)11-7-16)25-26-22(27)17-8-12-19(24)13-9-17/h3-13H,1-2H3. The zero-order valence-electron chi connectivity index (χ0n) is 14.9. The molecule has 0 amide bonds. The van der Waals surface area contributed by atoms with Crippen LogP contribution in [0.25, 0.3) is 28.5 Å². The first-order valence-electron chi connectivity index (χ1n) is 8.58. The molecular weight excluding hydrogens is 344 g/mol. The fraction of sp³-hybridized carbons (Fsp3) is 0.0909. The Balaban J connectivity index is 2.01. The van der Waals surface area contributed by atoms with E-state index in [2.05, 4.69) is 10.2 Å². The van der Waals surface area contributed by atoms with Gasteiger partial charge in [0.2, 0.25) is 0 Å². The lowest BCUT2D eigenvalue weighted by atomic mass is 10.1. The molecule has 0 N–H and O–H groups in total. The van der Waals surface area contributed by atoms with Gasteiger partial charge in [-0.3, -0.25) is 4.57 Å². The lowest BCUT2D eigenvalue weighted by Gasteiger charge is -2.16. The van der Waals surface area contributed by atoms with E-state index in [1.807, 2.05) is 36.6 Å². The molecule has 0 aliphatic heterocycles. The number of rotatable bonds is 3. The molecule has 27 heavy (non-hydrogen) atoms. The molecule has 0 saturated carbocycles. The van der Waals surface area contributed by atoms with Crippen molar-refractivity contribution in [3.8, 4) is 28.5 Å². The van der Waals surface area contributed by atoms with E-state index in [0.29, 0.717) is 11.6 Å². The van der Waals surface area contributed by atoms with Crippen molar-refractivity contribution in [3.05, 3.63) is 89.5 Å². The third kappa shape index (κ3) is 3.12. The number of hydrogen-bond donors (Lipinski definition) is 0. The summed E-state index contributed by atoms with van der Waals surface area (Å²) >= 11 is 0. The van der Waals surface area contributed by atoms with Crippen LogP contribution >= 0.6 is 0 Å². The van der Waals surface area contributed by atoms with Gasteiger partial charge in [-0.05, 0) is 73.5 Å². The fourth-order valence-corrected chi connectivity index (χ4v) is 3.23. The Kier molecular flexibility index (Phi) is 4.28. The maximum absolute atomic E-state index is 13.4. The maximum Gasteiger partial charge on any atom is 0.168 e. The van der Waals surface area contributed by atoms with Gasteiger partial charge in [0.25, 0.3) is 0 Å². The second kappa shape index (κ2) is 6.76. The molecule has 134 valence electrons. The number of aryl methyl sites for hydroxylation is 2. The second-order valence-corrected chi connectivity index (χ2v) is 6.44. The number of para-hydroxylation sites is 1. The fourth-order valence-electron chi connectivity index (χ4n) is 3.23. The minimum atomic E-state index is -0.310. The van der Waals surface area contributed by atoms with E-state index in [9.17, 15) is 8.78 Å². The Morgan fingerprint density at radius 2 is 1.04 bits per heavy atom. The largest absolute Gasteiger partial charge is 0.274 e. The van der Waals surface area contributed by atoms with Crippen LogP contribution in [0, 0.1) is 25.5 Å². The Hall–Kier alpha value is -3.34. The predicted molar refractivity (Wildman–Crippen MR) is 102 cm³/mol. The van der Waals surface area contributed by atoms with E-state index in [4.69, 9.17) is 0 Å². The van der Waals surface area contributed by atoms with E-state index in [-0.39, 0.29) is 11.6 Å². The molecular formula is C22H17F2N3. The van der Waals surface area contributed by atoms with E-state index in [1.165, 1.54) is 24.3 Å². The van der Waals surface area contributed by atoms with Crippen LogP contribution in [0.5, 0.6) is 0 Å². The van der Waals surface area contributed by atoms with Crippen LogP contribution in [0.1, 0.15) is 11.1 Å². The highest BCUT2D eigenvalue weighted by atomic mass is 19.1. The molecule has 0 spiro atoms. The number of nitrogens with zero attached hydrogens (tertiary/aromatic N) is 3. The van der Waals surface area contributed by atoms with Crippen LogP contribution in [-0.4, -0.2) is 14.8 Å². The first kappa shape index (κ1) is 17.1. The average molecular weight is 361 g/mol. The van der Waals surface area contributed by atoms with Crippen LogP contribution in [0.3, 0.4) is 0 Å². The molecule has 0 aliphatic rings. The van der Waals surface area contributed by atoms with E-state index in [1.54, 1.807) is 24.3 Å². The zero-order valence-corrected chi connectivity index (χ0v) is 14.9. The quantitative estimate of drug-likeness (QED) is 0.483. The molecule has 4 rings (SSSR count). The molecule has 0 unspecified atom stereocenters. The van der Waals surface area contributed by atoms with Crippen LogP contribution in [0.4, 0.5) is 8.78 Å². The molecule has 0 aliphatic carbocycles. The highest BCUT2D eigenvalue weighted by Gasteiger charge is 2.19. The summed E-state index contributed by atoms with van der Waals surface area (Å²) in [5, 5.41) is 8.74. The van der Waals surface area contributed by atoms with Crippen molar-refractivity contribution < 1.29 is 8.78 Å². The lowest BCUT2D eigenvalue weighted by Crippen LogP contribution is -2.05. The number of benzene rings is 3. The zero-order chi connectivity index (χ0) is 19.0. The maximum atomic E-state index is 13.4. The summed E-state index contributed by atoms with van der Waals surface area (Å²) in [4.78, 5) is 0. The van der Waals surface area contributed by atoms with Crippen LogP contribution in [0.2, 0.25) is 0 Å². The Morgan fingerprint density at radius 3 is 1.44 bits per heavy atom. The minimum absolute atomic E-state index is 0.310. The number of hydrogen-bond acceptors (Lipinski definition) is 2. The Labute approximate surface area is 155 Å². The Morgan fingerprint density at radius 1 is 0.630 bits per heavy atom. The van der Waals surface area contributed by atoms with Crippen LogP contribution in [0.15, 0.2) is 66.7 Å². The van der Waals surface area contributed by atoms with Gasteiger partial charge >= 0.3 is 0 Å². The molecule has 0 radical (unpaired) electrons. The third-order valence-corrected chi connectivity index (χ3v) is 4.53. The van der Waals surface area contributed by atoms with Gasteiger partial charge in [-0.1, -0.05) is 18.2 Å². The molecule has 4 aromatic rings. The normalized spacial score (nSPS) is 11.0. The Bertz CT molecular complexity index is 1010. The molecule has 0 fully saturated rings. The van der Waals surface area contributed by atoms with Gasteiger partial charge in [0.05, 0.1) is 5.69 Å². The van der Waals surface area contributed by atoms with Crippen molar-refractivity contribution in [3.63, 3.8) is 0 Å². The van der Waals surface area contributed by atoms with Crippen LogP contribution in [-0.2, 0) is 0 Å². The van der Waals surface area contributed by atoms with Gasteiger partial charge in [-0.25, -0.2) is 8.78 Å². The smallest absolute Gasteiger partial charge is 0.168 e. The first-order valence-corrected chi connectivity index (χ1v) is 8.58. The van der Waals surface area contributed by atoms with Gasteiger partial charge in [-0.2, -0.15) is 0 Å². The highest BCUT2D eigenvalue weighted by molar-refractivity contribution is 5.68. The van der Waals surface area contributed by atoms with Crippen molar-refractivity contribution >= 4 is 0 Å². The predicted octanol–water partition coefficient (Wildman–Crippen LogP) is 5.50. The van der Waals surface area contributed by atoms with Crippen molar-refractivity contribution in [2.24, 2.45) is 0 Å². The van der Waals surface area contributed by atoms with Gasteiger partial charge in [-0.15, -0.1) is 10.2 Å². The summed E-state index contributed by atoms with van der Waals surface area (Å²) in [7, 11) is 0. The summed E-state index contributed by atoms with van der Waals surface area (Å²) in [6.07, 6.45) is 0. The van der Waals surface area contributed by atoms with Crippen molar-refractivity contribution in [1.82, 2.24) is 14.8 Å². The van der Waals surface area contributed by atoms with E-state index in [0.717, 1.165) is 27.9 Å². The first-order chi connectivity index (χ1) is 13.0. The minimum Gasteiger partial charge on any atom is -0.274 e. The molecule has 5 heteroatoms. The van der Waals surface area contributed by atoms with E-state index >= 15 is 0 Å². The van der Waals surface area contributed by atoms with Crippen molar-refractivity contribution in [1.29, 1.82) is 0 Å². The number of aromatic nitrogens is 3. The molecule has 3 aromatic carbocycles. The van der Waals surface area contributed by atoms with Gasteiger partial charge in [0.1, 0.15) is 11.6 Å². The summed E-state index contributed by atoms with van der Waals surface area (Å²) in [5.74, 6) is 0.588. The van der Waals surface area contributed by atoms with Gasteiger partial charge in [0, 0.05) is 11.1 Å². The van der Waals surface area contributed by atoms with Gasteiger partial charge in [0.15, 0.2) is 11.6 Å². The van der Waals surface area contributed by atoms with E-state index < -0.39 is 0 Å². The highest BCUT2D eigenvalue weighted by Crippen LogP contribution is 2.31. The molecule has 0 saturated heterocycles.